The maximum atomic E-state index is 15.1. The number of rotatable bonds is 7. The molecule has 2 N–H and O–H groups in total. The Labute approximate surface area is 250 Å². The van der Waals surface area contributed by atoms with Crippen LogP contribution < -0.4 is 19.7 Å². The van der Waals surface area contributed by atoms with E-state index in [4.69, 9.17) is 10.5 Å². The van der Waals surface area contributed by atoms with E-state index >= 15 is 4.79 Å². The number of nitrogens with two attached hydrogens (primary N) is 1. The van der Waals surface area contributed by atoms with Crippen molar-refractivity contribution in [2.24, 2.45) is 0 Å². The summed E-state index contributed by atoms with van der Waals surface area (Å²) in [4.78, 5) is 23.3. The summed E-state index contributed by atoms with van der Waals surface area (Å²) in [6, 6.07) is 24.0. The third-order valence-corrected chi connectivity index (χ3v) is 9.79. The molecule has 0 aliphatic carbocycles. The second-order valence-electron chi connectivity index (χ2n) is 10.3. The summed E-state index contributed by atoms with van der Waals surface area (Å²) in [5.74, 6) is -0.216. The van der Waals surface area contributed by atoms with E-state index in [-0.39, 0.29) is 16.3 Å². The Balaban J connectivity index is 1.58. The lowest BCUT2D eigenvalue weighted by Gasteiger charge is -2.46. The number of para-hydroxylation sites is 2. The highest BCUT2D eigenvalue weighted by molar-refractivity contribution is 7.93. The largest absolute Gasteiger partial charge is 0.493 e. The van der Waals surface area contributed by atoms with Crippen LogP contribution in [0.4, 0.5) is 17.1 Å². The monoisotopic (exact) mass is 594 g/mol. The summed E-state index contributed by atoms with van der Waals surface area (Å²) in [5.41, 5.74) is 6.97. The fourth-order valence-electron chi connectivity index (χ4n) is 6.13. The number of carbonyl (C=O) groups is 1. The molecule has 0 radical (unpaired) electrons. The molecule has 1 unspecified atom stereocenters. The predicted octanol–water partition coefficient (Wildman–Crippen LogP) is 3.74. The maximum absolute atomic E-state index is 15.1. The normalized spacial score (nSPS) is 18.7. The number of pyridine rings is 1. The molecule has 218 valence electrons. The minimum atomic E-state index is -4.46. The zero-order valence-corrected chi connectivity index (χ0v) is 24.4. The first-order valence-electron chi connectivity index (χ1n) is 13.9. The molecule has 1 aromatic heterocycles. The van der Waals surface area contributed by atoms with Crippen molar-refractivity contribution in [1.82, 2.24) is 9.88 Å². The number of nitriles is 1. The summed E-state index contributed by atoms with van der Waals surface area (Å²) in [6.45, 7) is 4.18. The highest BCUT2D eigenvalue weighted by Gasteiger charge is 2.60. The zero-order chi connectivity index (χ0) is 30.2. The number of hydrogen-bond donors (Lipinski definition) is 1. The molecular weight excluding hydrogens is 564 g/mol. The van der Waals surface area contributed by atoms with Crippen molar-refractivity contribution in [2.45, 2.75) is 17.4 Å². The number of nitrogen functional groups attached to an aromatic ring is 1. The number of piperazine rings is 1. The van der Waals surface area contributed by atoms with Gasteiger partial charge in [0, 0.05) is 55.4 Å². The summed E-state index contributed by atoms with van der Waals surface area (Å²) in [6.07, 6.45) is 3.47. The molecule has 43 heavy (non-hydrogen) atoms. The van der Waals surface area contributed by atoms with Crippen molar-refractivity contribution in [3.05, 3.63) is 108 Å². The van der Waals surface area contributed by atoms with Crippen molar-refractivity contribution >= 4 is 33.0 Å². The molecule has 3 aromatic carbocycles. The lowest BCUT2D eigenvalue weighted by atomic mass is 9.80. The quantitative estimate of drug-likeness (QED) is 0.318. The van der Waals surface area contributed by atoms with Crippen LogP contribution in [0.15, 0.2) is 96.2 Å². The van der Waals surface area contributed by atoms with Gasteiger partial charge in [-0.2, -0.15) is 5.26 Å². The van der Waals surface area contributed by atoms with Crippen LogP contribution >= 0.6 is 0 Å². The van der Waals surface area contributed by atoms with Crippen LogP contribution in [0.2, 0.25) is 0 Å². The summed E-state index contributed by atoms with van der Waals surface area (Å²) in [5, 5.41) is 9.89. The van der Waals surface area contributed by atoms with Crippen LogP contribution in [-0.2, 0) is 20.4 Å². The van der Waals surface area contributed by atoms with Crippen molar-refractivity contribution in [3.63, 3.8) is 0 Å². The molecule has 2 aliphatic heterocycles. The van der Waals surface area contributed by atoms with Gasteiger partial charge in [0.1, 0.15) is 10.6 Å². The van der Waals surface area contributed by atoms with E-state index in [9.17, 15) is 13.7 Å². The zero-order valence-electron chi connectivity index (χ0n) is 23.6. The number of benzene rings is 3. The van der Waals surface area contributed by atoms with Crippen molar-refractivity contribution in [1.29, 1.82) is 5.26 Å². The fraction of sp³-hybridized carbons (Fsp3) is 0.219. The third-order valence-electron chi connectivity index (χ3n) is 8.02. The molecule has 3 heterocycles. The van der Waals surface area contributed by atoms with Crippen LogP contribution in [0.1, 0.15) is 23.6 Å². The standard InChI is InChI=1S/C32H30N6O4S/c1-2-42-29-9-5-3-7-25(29)32(37-19-17-36(18-20-37)24-13-15-35-16-14-24)26-21-23(22-33)11-12-28(26)38(31(32)39)43(40,41)30-10-6-4-8-27(30)34/h3-16,21H,2,17-20,34H2,1H3. The number of ether oxygens (including phenoxy) is 1. The maximum Gasteiger partial charge on any atom is 0.273 e. The van der Waals surface area contributed by atoms with Gasteiger partial charge in [-0.3, -0.25) is 14.7 Å². The number of aromatic nitrogens is 1. The molecule has 6 rings (SSSR count). The molecule has 1 atom stereocenters. The molecule has 4 aromatic rings. The van der Waals surface area contributed by atoms with Crippen molar-refractivity contribution < 1.29 is 17.9 Å². The Morgan fingerprint density at radius 3 is 2.35 bits per heavy atom. The Morgan fingerprint density at radius 1 is 0.953 bits per heavy atom. The molecule has 10 nitrogen and oxygen atoms in total. The van der Waals surface area contributed by atoms with Gasteiger partial charge in [0.25, 0.3) is 15.9 Å². The van der Waals surface area contributed by atoms with E-state index in [1.165, 1.54) is 24.3 Å². The summed E-state index contributed by atoms with van der Waals surface area (Å²) < 4.78 is 35.6. The van der Waals surface area contributed by atoms with Crippen LogP contribution in [0, 0.1) is 11.3 Å². The van der Waals surface area contributed by atoms with E-state index in [2.05, 4.69) is 16.0 Å². The molecule has 1 fully saturated rings. The van der Waals surface area contributed by atoms with Gasteiger partial charge in [-0.05, 0) is 55.5 Å². The second kappa shape index (κ2) is 11.1. The van der Waals surface area contributed by atoms with E-state index in [1.807, 2.05) is 30.0 Å². The topological polar surface area (TPSA) is 133 Å². The van der Waals surface area contributed by atoms with E-state index in [0.29, 0.717) is 55.2 Å². The average molecular weight is 595 g/mol. The third kappa shape index (κ3) is 4.47. The van der Waals surface area contributed by atoms with Gasteiger partial charge < -0.3 is 15.4 Å². The second-order valence-corrected chi connectivity index (χ2v) is 12.0. The van der Waals surface area contributed by atoms with Gasteiger partial charge >= 0.3 is 0 Å². The highest BCUT2D eigenvalue weighted by atomic mass is 32.2. The first kappa shape index (κ1) is 28.2. The van der Waals surface area contributed by atoms with E-state index in [1.54, 1.807) is 48.8 Å². The molecular formula is C32H30N6O4S. The summed E-state index contributed by atoms with van der Waals surface area (Å²) >= 11 is 0. The highest BCUT2D eigenvalue weighted by Crippen LogP contribution is 2.53. The van der Waals surface area contributed by atoms with E-state index in [0.717, 1.165) is 9.99 Å². The molecule has 1 saturated heterocycles. The number of carbonyl (C=O) groups excluding carboxylic acids is 1. The SMILES string of the molecule is CCOc1ccccc1C1(N2CCN(c3ccncc3)CC2)C(=O)N(S(=O)(=O)c2ccccc2N)c2ccc(C#N)cc21. The van der Waals surface area contributed by atoms with Crippen LogP contribution in [-0.4, -0.2) is 57.0 Å². The van der Waals surface area contributed by atoms with Crippen LogP contribution in [0.5, 0.6) is 5.75 Å². The minimum absolute atomic E-state index is 0.0312. The number of hydrogen-bond acceptors (Lipinski definition) is 9. The molecule has 1 amide bonds. The van der Waals surface area contributed by atoms with Crippen LogP contribution in [0.25, 0.3) is 0 Å². The molecule has 2 aliphatic rings. The predicted molar refractivity (Wildman–Crippen MR) is 163 cm³/mol. The van der Waals surface area contributed by atoms with E-state index < -0.39 is 21.5 Å². The number of nitrogens with zero attached hydrogens (tertiary/aromatic N) is 5. The Kier molecular flexibility index (Phi) is 7.25. The number of sulfonamides is 1. The average Bonchev–Trinajstić information content (AvgIpc) is 3.30. The lowest BCUT2D eigenvalue weighted by Crippen LogP contribution is -2.60. The molecule has 0 spiro atoms. The van der Waals surface area contributed by atoms with Crippen molar-refractivity contribution in [2.75, 3.05) is 47.7 Å². The first-order chi connectivity index (χ1) is 20.8. The molecule has 11 heteroatoms. The van der Waals surface area contributed by atoms with Crippen molar-refractivity contribution in [3.8, 4) is 11.8 Å². The first-order valence-corrected chi connectivity index (χ1v) is 15.4. The Hall–Kier alpha value is -4.92. The number of anilines is 3. The number of fused-ring (bicyclic) bond motifs is 1. The lowest BCUT2D eigenvalue weighted by molar-refractivity contribution is -0.127. The van der Waals surface area contributed by atoms with Gasteiger partial charge in [0.15, 0.2) is 5.54 Å². The smallest absolute Gasteiger partial charge is 0.273 e. The van der Waals surface area contributed by atoms with Gasteiger partial charge in [0.05, 0.1) is 29.6 Å². The van der Waals surface area contributed by atoms with Gasteiger partial charge in [-0.25, -0.2) is 12.7 Å². The van der Waals surface area contributed by atoms with Gasteiger partial charge in [-0.1, -0.05) is 30.3 Å². The number of amides is 1. The molecule has 0 saturated carbocycles. The van der Waals surface area contributed by atoms with Gasteiger partial charge in [-0.15, -0.1) is 0 Å². The van der Waals surface area contributed by atoms with Crippen LogP contribution in [0.3, 0.4) is 0 Å². The molecule has 0 bridgehead atoms. The van der Waals surface area contributed by atoms with Gasteiger partial charge in [0.2, 0.25) is 0 Å². The Bertz CT molecular complexity index is 1830. The minimum Gasteiger partial charge on any atom is -0.493 e. The Morgan fingerprint density at radius 2 is 1.65 bits per heavy atom. The summed E-state index contributed by atoms with van der Waals surface area (Å²) in [7, 11) is -4.46. The fourth-order valence-corrected chi connectivity index (χ4v) is 7.72.